The monoisotopic (exact) mass is 479 g/mol. The van der Waals surface area contributed by atoms with Gasteiger partial charge in [-0.05, 0) is 47.1 Å². The van der Waals surface area contributed by atoms with Crippen LogP contribution in [-0.4, -0.2) is 28.2 Å². The van der Waals surface area contributed by atoms with Crippen molar-refractivity contribution in [2.45, 2.75) is 6.42 Å². The van der Waals surface area contributed by atoms with Gasteiger partial charge in [0.1, 0.15) is 0 Å². The number of imide groups is 1. The van der Waals surface area contributed by atoms with E-state index in [0.717, 1.165) is 15.9 Å². The second-order valence-corrected chi connectivity index (χ2v) is 11.6. The number of aromatic carboxylic acids is 1. The van der Waals surface area contributed by atoms with Crippen molar-refractivity contribution in [3.8, 4) is 0 Å². The van der Waals surface area contributed by atoms with Gasteiger partial charge in [0.25, 0.3) is 5.91 Å². The lowest BCUT2D eigenvalue weighted by Gasteiger charge is -2.31. The summed E-state index contributed by atoms with van der Waals surface area (Å²) in [6, 6.07) is 35.6. The molecule has 0 atom stereocenters. The van der Waals surface area contributed by atoms with E-state index >= 15 is 0 Å². The van der Waals surface area contributed by atoms with E-state index in [2.05, 4.69) is 0 Å². The molecule has 172 valence electrons. The maximum atomic E-state index is 14.1. The largest absolute Gasteiger partial charge is 0.478 e. The van der Waals surface area contributed by atoms with Gasteiger partial charge in [0, 0.05) is 5.29 Å². The number of nitrogens with zero attached hydrogens (tertiary/aromatic N) is 1. The smallest absolute Gasteiger partial charge is 0.335 e. The first kappa shape index (κ1) is 22.6. The van der Waals surface area contributed by atoms with E-state index in [9.17, 15) is 19.5 Å². The van der Waals surface area contributed by atoms with Gasteiger partial charge in [-0.1, -0.05) is 91.0 Å². The molecule has 4 aromatic rings. The van der Waals surface area contributed by atoms with E-state index in [1.165, 1.54) is 29.2 Å². The Hall–Kier alpha value is -4.21. The van der Waals surface area contributed by atoms with E-state index in [-0.39, 0.29) is 23.8 Å². The molecule has 5 nitrogen and oxygen atoms in total. The number of amides is 2. The number of carboxylic acids is 1. The van der Waals surface area contributed by atoms with Gasteiger partial charge in [0.15, 0.2) is 0 Å². The van der Waals surface area contributed by atoms with E-state index in [1.807, 2.05) is 91.0 Å². The molecule has 1 N–H and O–H groups in total. The molecular weight excluding hydrogens is 457 g/mol. The minimum absolute atomic E-state index is 0.00796. The van der Waals surface area contributed by atoms with Crippen molar-refractivity contribution in [2.24, 2.45) is 0 Å². The average molecular weight is 479 g/mol. The average Bonchev–Trinajstić information content (AvgIpc) is 3.20. The zero-order valence-electron chi connectivity index (χ0n) is 18.7. The van der Waals surface area contributed by atoms with Gasteiger partial charge in [-0.3, -0.25) is 9.59 Å². The summed E-state index contributed by atoms with van der Waals surface area (Å²) in [5.74, 6) is -1.73. The normalized spacial score (nSPS) is 13.8. The third-order valence-corrected chi connectivity index (χ3v) is 10.6. The number of hydrogen-bond donors (Lipinski definition) is 1. The van der Waals surface area contributed by atoms with Crippen LogP contribution in [0.4, 0.5) is 5.69 Å². The molecule has 1 fully saturated rings. The highest BCUT2D eigenvalue weighted by Gasteiger charge is 2.43. The van der Waals surface area contributed by atoms with Crippen molar-refractivity contribution in [3.63, 3.8) is 0 Å². The SMILES string of the molecule is O=C(O)c1ccc(N2C(=O)CC(=P(c3ccccc3)(c3ccccc3)c3ccccc3)C2=O)cc1. The van der Waals surface area contributed by atoms with Crippen LogP contribution in [0.15, 0.2) is 115 Å². The maximum absolute atomic E-state index is 14.1. The molecule has 35 heavy (non-hydrogen) atoms. The summed E-state index contributed by atoms with van der Waals surface area (Å²) in [6.07, 6.45) is -0.00796. The number of anilines is 1. The number of carbonyl (C=O) groups excluding carboxylic acids is 2. The second kappa shape index (κ2) is 9.21. The molecule has 1 aliphatic heterocycles. The van der Waals surface area contributed by atoms with Crippen molar-refractivity contribution >= 4 is 51.6 Å². The molecule has 0 aliphatic carbocycles. The maximum Gasteiger partial charge on any atom is 0.335 e. The first-order valence-corrected chi connectivity index (χ1v) is 13.0. The fourth-order valence-corrected chi connectivity index (χ4v) is 9.13. The summed E-state index contributed by atoms with van der Waals surface area (Å²) < 4.78 is 0. The Morgan fingerprint density at radius 3 is 1.49 bits per heavy atom. The fourth-order valence-electron chi connectivity index (χ4n) is 4.69. The lowest BCUT2D eigenvalue weighted by Crippen LogP contribution is -2.35. The van der Waals surface area contributed by atoms with Crippen molar-refractivity contribution < 1.29 is 19.5 Å². The van der Waals surface area contributed by atoms with Crippen LogP contribution in [0.1, 0.15) is 16.8 Å². The van der Waals surface area contributed by atoms with Crippen LogP contribution in [0.5, 0.6) is 0 Å². The van der Waals surface area contributed by atoms with Crippen LogP contribution in [0, 0.1) is 0 Å². The summed E-state index contributed by atoms with van der Waals surface area (Å²) in [5.41, 5.74) is 0.462. The predicted octanol–water partition coefficient (Wildman–Crippen LogP) is 3.81. The lowest BCUT2D eigenvalue weighted by atomic mass is 10.2. The Kier molecular flexibility index (Phi) is 5.94. The molecule has 0 bridgehead atoms. The standard InChI is InChI=1S/C29H22NO4P/c31-27-20-26(28(32)30(27)22-18-16-21(17-19-22)29(33)34)35(23-10-4-1-5-11-23,24-12-6-2-7-13-24)25-14-8-3-9-15-25/h1-19H,20H2,(H,33,34). The second-order valence-electron chi connectivity index (χ2n) is 8.19. The van der Waals surface area contributed by atoms with E-state index < -0.39 is 12.9 Å². The number of carbonyl (C=O) groups is 3. The first-order valence-electron chi connectivity index (χ1n) is 11.2. The van der Waals surface area contributed by atoms with Gasteiger partial charge >= 0.3 is 5.97 Å². The summed E-state index contributed by atoms with van der Waals surface area (Å²) in [5, 5.41) is 12.8. The molecule has 0 radical (unpaired) electrons. The van der Waals surface area contributed by atoms with Crippen LogP contribution >= 0.6 is 6.89 Å². The number of rotatable bonds is 5. The van der Waals surface area contributed by atoms with Crippen LogP contribution < -0.4 is 20.8 Å². The molecule has 1 aliphatic rings. The highest BCUT2D eigenvalue weighted by atomic mass is 31.2. The van der Waals surface area contributed by atoms with Crippen molar-refractivity contribution in [2.75, 3.05) is 4.90 Å². The predicted molar refractivity (Wildman–Crippen MR) is 141 cm³/mol. The van der Waals surface area contributed by atoms with E-state index in [4.69, 9.17) is 0 Å². The molecule has 0 unspecified atom stereocenters. The molecule has 1 heterocycles. The Morgan fingerprint density at radius 2 is 1.09 bits per heavy atom. The van der Waals surface area contributed by atoms with E-state index in [0.29, 0.717) is 11.0 Å². The molecule has 1 saturated heterocycles. The number of carboxylic acid groups (broad SMARTS) is 1. The van der Waals surface area contributed by atoms with Crippen molar-refractivity contribution in [3.05, 3.63) is 121 Å². The molecule has 0 aromatic heterocycles. The molecule has 0 spiro atoms. The van der Waals surface area contributed by atoms with Crippen LogP contribution in [0.3, 0.4) is 0 Å². The third kappa shape index (κ3) is 3.80. The highest BCUT2D eigenvalue weighted by Crippen LogP contribution is 2.48. The van der Waals surface area contributed by atoms with Crippen LogP contribution in [-0.2, 0) is 9.59 Å². The topological polar surface area (TPSA) is 74.7 Å². The van der Waals surface area contributed by atoms with Gasteiger partial charge in [0.2, 0.25) is 5.91 Å². The molecule has 6 heteroatoms. The Morgan fingerprint density at radius 1 is 0.657 bits per heavy atom. The number of benzene rings is 4. The minimum Gasteiger partial charge on any atom is -0.478 e. The first-order chi connectivity index (χ1) is 17.0. The van der Waals surface area contributed by atoms with Crippen LogP contribution in [0.25, 0.3) is 0 Å². The third-order valence-electron chi connectivity index (χ3n) is 6.23. The fraction of sp³-hybridized carbons (Fsp3) is 0.0345. The summed E-state index contributed by atoms with van der Waals surface area (Å²) in [6.45, 7) is -2.67. The van der Waals surface area contributed by atoms with Crippen molar-refractivity contribution in [1.29, 1.82) is 0 Å². The minimum atomic E-state index is -2.67. The van der Waals surface area contributed by atoms with Gasteiger partial charge in [-0.25, -0.2) is 9.69 Å². The zero-order chi connectivity index (χ0) is 24.4. The summed E-state index contributed by atoms with van der Waals surface area (Å²) in [7, 11) is 0. The highest BCUT2D eigenvalue weighted by molar-refractivity contribution is 7.96. The molecule has 4 aromatic carbocycles. The molecule has 0 saturated carbocycles. The van der Waals surface area contributed by atoms with Crippen LogP contribution in [0.2, 0.25) is 0 Å². The number of hydrogen-bond acceptors (Lipinski definition) is 3. The van der Waals surface area contributed by atoms with Gasteiger partial charge in [0.05, 0.1) is 17.7 Å². The van der Waals surface area contributed by atoms with Gasteiger partial charge in [-0.2, -0.15) is 0 Å². The van der Waals surface area contributed by atoms with Gasteiger partial charge in [-0.15, -0.1) is 0 Å². The zero-order valence-corrected chi connectivity index (χ0v) is 19.6. The van der Waals surface area contributed by atoms with E-state index in [1.54, 1.807) is 0 Å². The summed E-state index contributed by atoms with van der Waals surface area (Å²) in [4.78, 5) is 39.9. The molecule has 2 amide bonds. The van der Waals surface area contributed by atoms with Crippen molar-refractivity contribution in [1.82, 2.24) is 0 Å². The lowest BCUT2D eigenvalue weighted by molar-refractivity contribution is -0.120. The Balaban J connectivity index is 1.82. The quantitative estimate of drug-likeness (QED) is 0.349. The Bertz CT molecular complexity index is 1360. The molecular formula is C29H22NO4P. The summed E-state index contributed by atoms with van der Waals surface area (Å²) >= 11 is 0. The van der Waals surface area contributed by atoms with Gasteiger partial charge < -0.3 is 5.11 Å². The molecule has 5 rings (SSSR count). The Labute approximate surface area is 203 Å².